The van der Waals surface area contributed by atoms with Gasteiger partial charge in [-0.05, 0) is 29.3 Å². The van der Waals surface area contributed by atoms with E-state index >= 15 is 0 Å². The number of rotatable bonds is 2. The zero-order chi connectivity index (χ0) is 14.1. The van der Waals surface area contributed by atoms with Crippen LogP contribution in [0.3, 0.4) is 0 Å². The van der Waals surface area contributed by atoms with Crippen molar-refractivity contribution in [1.29, 1.82) is 0 Å². The molecule has 0 radical (unpaired) electrons. The van der Waals surface area contributed by atoms with E-state index in [0.29, 0.717) is 16.5 Å². The second-order valence-electron chi connectivity index (χ2n) is 4.25. The number of halogens is 2. The van der Waals surface area contributed by atoms with E-state index < -0.39 is 0 Å². The highest BCUT2D eigenvalue weighted by atomic mass is 35.5. The molecule has 0 aliphatic carbocycles. The predicted octanol–water partition coefficient (Wildman–Crippen LogP) is 4.50. The van der Waals surface area contributed by atoms with Gasteiger partial charge in [0.15, 0.2) is 5.58 Å². The minimum Gasteiger partial charge on any atom is -0.506 e. The summed E-state index contributed by atoms with van der Waals surface area (Å²) in [6, 6.07) is 7.61. The van der Waals surface area contributed by atoms with Gasteiger partial charge in [0.1, 0.15) is 16.6 Å². The normalized spacial score (nSPS) is 11.5. The summed E-state index contributed by atoms with van der Waals surface area (Å²) in [6.45, 7) is 0. The SMILES string of the molecule is Oc1cc(/C=C/c2ccc(F)cc2)c2cnoc2c1Cl. The molecular formula is C15H9ClFNO2. The van der Waals surface area contributed by atoms with Crippen molar-refractivity contribution in [3.8, 4) is 5.75 Å². The molecule has 1 aromatic heterocycles. The number of phenols is 1. The standard InChI is InChI=1S/C15H9ClFNO2/c16-14-13(19)7-10(12-8-18-20-15(12)14)4-1-9-2-5-11(17)6-3-9/h1-8,19H/b4-1+. The van der Waals surface area contributed by atoms with Crippen molar-refractivity contribution in [3.05, 3.63) is 58.5 Å². The molecule has 0 unspecified atom stereocenters. The number of fused-ring (bicyclic) bond motifs is 1. The Balaban J connectivity index is 2.04. The maximum atomic E-state index is 12.8. The number of aromatic nitrogens is 1. The van der Waals surface area contributed by atoms with Gasteiger partial charge in [0.25, 0.3) is 0 Å². The second kappa shape index (κ2) is 4.98. The van der Waals surface area contributed by atoms with E-state index in [9.17, 15) is 9.50 Å². The largest absolute Gasteiger partial charge is 0.506 e. The summed E-state index contributed by atoms with van der Waals surface area (Å²) in [6.07, 6.45) is 5.11. The van der Waals surface area contributed by atoms with Crippen LogP contribution in [-0.2, 0) is 0 Å². The lowest BCUT2D eigenvalue weighted by atomic mass is 10.1. The van der Waals surface area contributed by atoms with Gasteiger partial charge in [-0.25, -0.2) is 4.39 Å². The van der Waals surface area contributed by atoms with Gasteiger partial charge < -0.3 is 9.63 Å². The summed E-state index contributed by atoms with van der Waals surface area (Å²) in [5.74, 6) is -0.359. The van der Waals surface area contributed by atoms with Gasteiger partial charge in [0.05, 0.1) is 11.6 Å². The van der Waals surface area contributed by atoms with Crippen LogP contribution in [0.2, 0.25) is 5.02 Å². The quantitative estimate of drug-likeness (QED) is 0.707. The Morgan fingerprint density at radius 3 is 2.70 bits per heavy atom. The first kappa shape index (κ1) is 12.7. The minimum absolute atomic E-state index is 0.0744. The molecule has 3 rings (SSSR count). The molecule has 20 heavy (non-hydrogen) atoms. The fraction of sp³-hybridized carbons (Fsp3) is 0. The van der Waals surface area contributed by atoms with E-state index in [1.165, 1.54) is 24.4 Å². The molecule has 1 N–H and O–H groups in total. The zero-order valence-corrected chi connectivity index (χ0v) is 10.9. The third-order valence-corrected chi connectivity index (χ3v) is 3.29. The summed E-state index contributed by atoms with van der Waals surface area (Å²) in [7, 11) is 0. The van der Waals surface area contributed by atoms with Crippen molar-refractivity contribution in [2.75, 3.05) is 0 Å². The van der Waals surface area contributed by atoms with Crippen LogP contribution < -0.4 is 0 Å². The Morgan fingerprint density at radius 2 is 1.95 bits per heavy atom. The minimum atomic E-state index is -0.285. The van der Waals surface area contributed by atoms with Crippen molar-refractivity contribution < 1.29 is 14.0 Å². The van der Waals surface area contributed by atoms with Gasteiger partial charge in [-0.15, -0.1) is 0 Å². The fourth-order valence-corrected chi connectivity index (χ4v) is 2.10. The Kier molecular flexibility index (Phi) is 3.16. The highest BCUT2D eigenvalue weighted by molar-refractivity contribution is 6.36. The highest BCUT2D eigenvalue weighted by Gasteiger charge is 2.12. The van der Waals surface area contributed by atoms with E-state index in [0.717, 1.165) is 5.56 Å². The Hall–Kier alpha value is -2.33. The third-order valence-electron chi connectivity index (χ3n) is 2.92. The maximum absolute atomic E-state index is 12.8. The summed E-state index contributed by atoms with van der Waals surface area (Å²) in [5.41, 5.74) is 1.89. The summed E-state index contributed by atoms with van der Waals surface area (Å²) in [5, 5.41) is 14.3. The number of hydrogen-bond acceptors (Lipinski definition) is 3. The van der Waals surface area contributed by atoms with Crippen molar-refractivity contribution in [3.63, 3.8) is 0 Å². The van der Waals surface area contributed by atoms with Crippen LogP contribution in [0, 0.1) is 5.82 Å². The van der Waals surface area contributed by atoms with E-state index in [2.05, 4.69) is 5.16 Å². The Morgan fingerprint density at radius 1 is 1.20 bits per heavy atom. The van der Waals surface area contributed by atoms with E-state index in [1.807, 2.05) is 0 Å². The van der Waals surface area contributed by atoms with E-state index in [-0.39, 0.29) is 16.6 Å². The van der Waals surface area contributed by atoms with Gasteiger partial charge >= 0.3 is 0 Å². The molecular weight excluding hydrogens is 281 g/mol. The molecule has 0 aliphatic rings. The number of nitrogens with zero attached hydrogens (tertiary/aromatic N) is 1. The molecule has 3 nitrogen and oxygen atoms in total. The van der Waals surface area contributed by atoms with Crippen LogP contribution in [0.1, 0.15) is 11.1 Å². The first-order valence-corrected chi connectivity index (χ1v) is 6.22. The molecule has 100 valence electrons. The predicted molar refractivity (Wildman–Crippen MR) is 76.0 cm³/mol. The highest BCUT2D eigenvalue weighted by Crippen LogP contribution is 2.35. The first-order chi connectivity index (χ1) is 9.65. The molecule has 2 aromatic carbocycles. The van der Waals surface area contributed by atoms with Crippen LogP contribution in [-0.4, -0.2) is 10.3 Å². The van der Waals surface area contributed by atoms with Gasteiger partial charge in [-0.3, -0.25) is 0 Å². The van der Waals surface area contributed by atoms with Crippen molar-refractivity contribution in [2.45, 2.75) is 0 Å². The van der Waals surface area contributed by atoms with Crippen LogP contribution in [0.15, 0.2) is 41.1 Å². The lowest BCUT2D eigenvalue weighted by molar-refractivity contribution is 0.449. The number of phenolic OH excluding ortho intramolecular Hbond substituents is 1. The molecule has 0 atom stereocenters. The van der Waals surface area contributed by atoms with Gasteiger partial charge in [-0.2, -0.15) is 0 Å². The number of aromatic hydroxyl groups is 1. The van der Waals surface area contributed by atoms with Crippen LogP contribution in [0.5, 0.6) is 5.75 Å². The molecule has 3 aromatic rings. The molecule has 0 fully saturated rings. The topological polar surface area (TPSA) is 46.3 Å². The zero-order valence-electron chi connectivity index (χ0n) is 10.2. The summed E-state index contributed by atoms with van der Waals surface area (Å²) in [4.78, 5) is 0. The van der Waals surface area contributed by atoms with Crippen LogP contribution in [0.25, 0.3) is 23.1 Å². The van der Waals surface area contributed by atoms with Crippen molar-refractivity contribution in [1.82, 2.24) is 5.16 Å². The fourth-order valence-electron chi connectivity index (χ4n) is 1.91. The molecule has 5 heteroatoms. The average Bonchev–Trinajstić information content (AvgIpc) is 2.93. The molecule has 0 saturated heterocycles. The lowest BCUT2D eigenvalue weighted by Crippen LogP contribution is -1.78. The molecule has 0 saturated carbocycles. The van der Waals surface area contributed by atoms with Crippen LogP contribution >= 0.6 is 11.6 Å². The van der Waals surface area contributed by atoms with Gasteiger partial charge in [-0.1, -0.05) is 41.0 Å². The molecule has 1 heterocycles. The Labute approximate surface area is 118 Å². The summed E-state index contributed by atoms with van der Waals surface area (Å²) >= 11 is 5.92. The average molecular weight is 290 g/mol. The molecule has 0 aliphatic heterocycles. The van der Waals surface area contributed by atoms with Gasteiger partial charge in [0, 0.05) is 0 Å². The first-order valence-electron chi connectivity index (χ1n) is 5.84. The molecule has 0 spiro atoms. The second-order valence-corrected chi connectivity index (χ2v) is 4.63. The van der Waals surface area contributed by atoms with Gasteiger partial charge in [0.2, 0.25) is 0 Å². The number of benzene rings is 2. The van der Waals surface area contributed by atoms with E-state index in [4.69, 9.17) is 16.1 Å². The van der Waals surface area contributed by atoms with Crippen LogP contribution in [0.4, 0.5) is 4.39 Å². The maximum Gasteiger partial charge on any atom is 0.189 e. The third kappa shape index (κ3) is 2.26. The summed E-state index contributed by atoms with van der Waals surface area (Å²) < 4.78 is 17.8. The van der Waals surface area contributed by atoms with E-state index in [1.54, 1.807) is 24.3 Å². The monoisotopic (exact) mass is 289 g/mol. The lowest BCUT2D eigenvalue weighted by Gasteiger charge is -2.01. The number of hydrogen-bond donors (Lipinski definition) is 1. The smallest absolute Gasteiger partial charge is 0.189 e. The molecule has 0 bridgehead atoms. The van der Waals surface area contributed by atoms with Crippen molar-refractivity contribution in [2.24, 2.45) is 0 Å². The Bertz CT molecular complexity index is 793. The molecule has 0 amide bonds. The van der Waals surface area contributed by atoms with Crippen molar-refractivity contribution >= 4 is 34.7 Å².